The van der Waals surface area contributed by atoms with Gasteiger partial charge in [-0.15, -0.1) is 0 Å². The number of carbonyl (C=O) groups excluding carboxylic acids is 3. The van der Waals surface area contributed by atoms with Gasteiger partial charge in [-0.05, 0) is 97.6 Å². The first kappa shape index (κ1) is 48.8. The van der Waals surface area contributed by atoms with E-state index in [1.54, 1.807) is 85.3 Å². The Hall–Kier alpha value is -7.62. The summed E-state index contributed by atoms with van der Waals surface area (Å²) < 4.78 is 37.7. The summed E-state index contributed by atoms with van der Waals surface area (Å²) in [6, 6.07) is 24.2. The number of aliphatic hydroxyl groups is 1. The molecule has 21 heteroatoms. The summed E-state index contributed by atoms with van der Waals surface area (Å²) in [5.41, 5.74) is 4.69. The van der Waals surface area contributed by atoms with Gasteiger partial charge in [0.05, 0.1) is 29.3 Å². The van der Waals surface area contributed by atoms with Crippen LogP contribution in [0.4, 0.5) is 33.6 Å². The monoisotopic (exact) mass is 936 g/mol. The second-order valence-electron chi connectivity index (χ2n) is 15.6. The fourth-order valence-corrected chi connectivity index (χ4v) is 7.74. The number of nitrogens with one attached hydrogen (secondary N) is 3. The maximum atomic E-state index is 14.0. The number of aryl methyl sites for hydroxylation is 3. The molecule has 352 valence electrons. The van der Waals surface area contributed by atoms with E-state index in [-0.39, 0.29) is 61.3 Å². The summed E-state index contributed by atoms with van der Waals surface area (Å²) in [5.74, 6) is -1.11. The normalized spacial score (nSPS) is 12.2. The third-order valence-electron chi connectivity index (χ3n) is 10.8. The molecular weight excluding hydrogens is 885 g/mol. The largest absolute Gasteiger partial charge is 0.497 e. The number of amides is 3. The Kier molecular flexibility index (Phi) is 15.7. The lowest BCUT2D eigenvalue weighted by atomic mass is 10.1. The van der Waals surface area contributed by atoms with Crippen molar-refractivity contribution in [2.75, 3.05) is 29.3 Å². The Labute approximate surface area is 386 Å². The van der Waals surface area contributed by atoms with Crippen LogP contribution in [0.5, 0.6) is 5.75 Å². The predicted octanol–water partition coefficient (Wildman–Crippen LogP) is 5.06. The van der Waals surface area contributed by atoms with E-state index < -0.39 is 40.3 Å². The van der Waals surface area contributed by atoms with Crippen LogP contribution in [0.15, 0.2) is 102 Å². The van der Waals surface area contributed by atoms with Crippen molar-refractivity contribution in [1.29, 1.82) is 0 Å². The van der Waals surface area contributed by atoms with Crippen LogP contribution in [0.25, 0.3) is 10.9 Å². The van der Waals surface area contributed by atoms with Crippen LogP contribution in [0.2, 0.25) is 0 Å². The van der Waals surface area contributed by atoms with Crippen molar-refractivity contribution >= 4 is 73.6 Å². The number of rotatable bonds is 20. The minimum absolute atomic E-state index is 0.0656. The molecule has 6 rings (SSSR count). The number of sulfonamides is 1. The molecule has 2 aromatic heterocycles. The summed E-state index contributed by atoms with van der Waals surface area (Å²) in [6.07, 6.45) is -1.74. The number of carboxylic acid groups (broad SMARTS) is 1. The van der Waals surface area contributed by atoms with Gasteiger partial charge in [-0.2, -0.15) is 10.1 Å². The molecular formula is C46H52N10O10S. The zero-order chi connectivity index (χ0) is 48.4. The van der Waals surface area contributed by atoms with Gasteiger partial charge in [-0.1, -0.05) is 30.3 Å². The number of primary sulfonamides is 1. The van der Waals surface area contributed by atoms with E-state index in [2.05, 4.69) is 31.0 Å². The quantitative estimate of drug-likeness (QED) is 0.0547. The van der Waals surface area contributed by atoms with Gasteiger partial charge in [0.25, 0.3) is 0 Å². The number of methoxy groups -OCH3 is 1. The van der Waals surface area contributed by atoms with Crippen molar-refractivity contribution < 1.29 is 47.3 Å². The smallest absolute Gasteiger partial charge is 0.421 e. The van der Waals surface area contributed by atoms with E-state index in [9.17, 15) is 37.8 Å². The number of nitrogens with zero attached hydrogens (tertiary/aromatic N) is 6. The molecule has 0 saturated heterocycles. The lowest BCUT2D eigenvalue weighted by molar-refractivity contribution is -0.137. The van der Waals surface area contributed by atoms with Gasteiger partial charge in [-0.25, -0.2) is 28.2 Å². The highest BCUT2D eigenvalue weighted by atomic mass is 32.2. The van der Waals surface area contributed by atoms with E-state index in [1.807, 2.05) is 32.2 Å². The predicted molar refractivity (Wildman–Crippen MR) is 249 cm³/mol. The SMILES string of the molecule is COc1ccc(CNC(=O)CCC(=O)N[C@@H](CCC(=O)O)C(O)Nc2ccc(COC(=O)N(c3ccc(C)c(S(N)(=O)=O)c3)c3nccc(N(C)c4ccc5c(C)n(C)nc5c4)n3)cc2)cc1. The van der Waals surface area contributed by atoms with E-state index in [1.165, 1.54) is 24.4 Å². The second kappa shape index (κ2) is 21.6. The average molecular weight is 937 g/mol. The number of nitrogens with two attached hydrogens (primary N) is 1. The first-order valence-corrected chi connectivity index (χ1v) is 22.5. The summed E-state index contributed by atoms with van der Waals surface area (Å²) >= 11 is 0. The number of ether oxygens (including phenoxy) is 2. The van der Waals surface area contributed by atoms with Gasteiger partial charge >= 0.3 is 12.1 Å². The molecule has 0 bridgehead atoms. The summed E-state index contributed by atoms with van der Waals surface area (Å²) in [6.45, 7) is 3.53. The fraction of sp³-hybridized carbons (Fsp3) is 0.283. The van der Waals surface area contributed by atoms with Crippen LogP contribution in [-0.2, 0) is 49.3 Å². The third kappa shape index (κ3) is 12.8. The third-order valence-corrected chi connectivity index (χ3v) is 11.9. The maximum Gasteiger partial charge on any atom is 0.421 e. The molecule has 67 heavy (non-hydrogen) atoms. The Morgan fingerprint density at radius 2 is 1.57 bits per heavy atom. The second-order valence-corrected chi connectivity index (χ2v) is 17.1. The number of fused-ring (bicyclic) bond motifs is 1. The van der Waals surface area contributed by atoms with E-state index in [0.29, 0.717) is 28.4 Å². The van der Waals surface area contributed by atoms with Gasteiger partial charge in [0.15, 0.2) is 0 Å². The molecule has 0 aliphatic rings. The van der Waals surface area contributed by atoms with Crippen LogP contribution in [0, 0.1) is 13.8 Å². The molecule has 6 aromatic rings. The van der Waals surface area contributed by atoms with Gasteiger partial charge in [0.2, 0.25) is 27.8 Å². The molecule has 20 nitrogen and oxygen atoms in total. The molecule has 2 heterocycles. The molecule has 2 atom stereocenters. The Morgan fingerprint density at radius 1 is 0.881 bits per heavy atom. The summed E-state index contributed by atoms with van der Waals surface area (Å²) in [5, 5.41) is 39.7. The minimum Gasteiger partial charge on any atom is -0.497 e. The topological polar surface area (TPSA) is 274 Å². The van der Waals surface area contributed by atoms with Crippen LogP contribution in [-0.4, -0.2) is 88.7 Å². The number of benzene rings is 4. The first-order chi connectivity index (χ1) is 31.9. The number of aliphatic carboxylic acids is 1. The zero-order valence-electron chi connectivity index (χ0n) is 37.5. The number of aliphatic hydroxyl groups excluding tert-OH is 1. The summed E-state index contributed by atoms with van der Waals surface area (Å²) in [7, 11) is 1.00. The first-order valence-electron chi connectivity index (χ1n) is 20.9. The minimum atomic E-state index is -4.20. The van der Waals surface area contributed by atoms with Crippen LogP contribution in [0.3, 0.4) is 0 Å². The Morgan fingerprint density at radius 3 is 2.25 bits per heavy atom. The number of hydrogen-bond acceptors (Lipinski definition) is 14. The lowest BCUT2D eigenvalue weighted by Crippen LogP contribution is -2.47. The highest BCUT2D eigenvalue weighted by Crippen LogP contribution is 2.31. The van der Waals surface area contributed by atoms with Gasteiger partial charge in [0, 0.05) is 68.6 Å². The molecule has 0 radical (unpaired) electrons. The zero-order valence-corrected chi connectivity index (χ0v) is 38.3. The van der Waals surface area contributed by atoms with Crippen molar-refractivity contribution in [3.63, 3.8) is 0 Å². The van der Waals surface area contributed by atoms with E-state index in [0.717, 1.165) is 32.7 Å². The standard InChI is InChI=1S/C46H52N10O10S/c1-28-6-13-34(25-39(28)67(47,63)64)56(45-48-23-22-40(52-45)54(3)33-14-17-36-29(2)55(4)53-38(36)24-33)46(62)66-27-31-7-11-32(12-8-31)50-44(61)37(18-21-43(59)60)51-42(58)20-19-41(57)49-26-30-9-15-35(65-5)16-10-30/h6-17,22-25,37,44,50,61H,18-21,26-27H2,1-5H3,(H,49,57)(H,51,58)(H,59,60)(H2,47,63,64)/t37-,44?/m0/s1. The number of carboxylic acids is 1. The molecule has 0 aliphatic carbocycles. The molecule has 0 spiro atoms. The number of hydrogen-bond donors (Lipinski definition) is 6. The van der Waals surface area contributed by atoms with Crippen molar-refractivity contribution in [3.05, 3.63) is 120 Å². The van der Waals surface area contributed by atoms with Crippen LogP contribution >= 0.6 is 0 Å². The Balaban J connectivity index is 1.12. The fourth-order valence-electron chi connectivity index (χ4n) is 6.94. The molecule has 0 saturated carbocycles. The molecule has 1 unspecified atom stereocenters. The van der Waals surface area contributed by atoms with Crippen molar-refractivity contribution in [2.45, 2.75) is 69.8 Å². The number of carbonyl (C=O) groups is 4. The average Bonchev–Trinajstić information content (AvgIpc) is 3.59. The van der Waals surface area contributed by atoms with Crippen molar-refractivity contribution in [3.8, 4) is 5.75 Å². The van der Waals surface area contributed by atoms with Gasteiger partial charge < -0.3 is 40.5 Å². The van der Waals surface area contributed by atoms with Gasteiger partial charge in [0.1, 0.15) is 24.4 Å². The van der Waals surface area contributed by atoms with Gasteiger partial charge in [-0.3, -0.25) is 19.1 Å². The van der Waals surface area contributed by atoms with Crippen molar-refractivity contribution in [2.24, 2.45) is 12.2 Å². The van der Waals surface area contributed by atoms with E-state index in [4.69, 9.17) is 14.6 Å². The van der Waals surface area contributed by atoms with Crippen LogP contribution < -0.4 is 35.6 Å². The molecule has 7 N–H and O–H groups in total. The highest BCUT2D eigenvalue weighted by molar-refractivity contribution is 7.89. The summed E-state index contributed by atoms with van der Waals surface area (Å²) in [4.78, 5) is 62.4. The van der Waals surface area contributed by atoms with E-state index >= 15 is 0 Å². The number of aromatic nitrogens is 4. The molecule has 0 fully saturated rings. The maximum absolute atomic E-state index is 14.0. The molecule has 3 amide bonds. The highest BCUT2D eigenvalue weighted by Gasteiger charge is 2.27. The van der Waals surface area contributed by atoms with Crippen molar-refractivity contribution in [1.82, 2.24) is 30.4 Å². The molecule has 0 aliphatic heterocycles. The number of anilines is 5. The molecule has 4 aromatic carbocycles. The lowest BCUT2D eigenvalue weighted by Gasteiger charge is -2.25. The van der Waals surface area contributed by atoms with Crippen LogP contribution in [0.1, 0.15) is 48.1 Å². The Bertz CT molecular complexity index is 2860.